The van der Waals surface area contributed by atoms with Gasteiger partial charge in [-0.15, -0.1) is 0 Å². The minimum Gasteiger partial charge on any atom is -0.491 e. The molecule has 2 aromatic carbocycles. The number of unbranched alkanes of at least 4 members (excludes halogenated alkanes) is 3. The molecule has 4 rings (SSSR count). The Hall–Kier alpha value is -2.16. The molecule has 0 aliphatic heterocycles. The van der Waals surface area contributed by atoms with Gasteiger partial charge in [-0.2, -0.15) is 4.39 Å². The fourth-order valence-corrected chi connectivity index (χ4v) is 6.87. The predicted octanol–water partition coefficient (Wildman–Crippen LogP) is 11.1. The highest BCUT2D eigenvalue weighted by Crippen LogP contribution is 2.40. The molecule has 214 valence electrons. The van der Waals surface area contributed by atoms with E-state index in [9.17, 15) is 8.78 Å². The van der Waals surface area contributed by atoms with Crippen molar-refractivity contribution < 1.29 is 13.5 Å². The maximum atomic E-state index is 14.6. The molecule has 0 amide bonds. The van der Waals surface area contributed by atoms with E-state index in [0.717, 1.165) is 43.9 Å². The Morgan fingerprint density at radius 1 is 0.769 bits per heavy atom. The molecule has 2 saturated carbocycles. The summed E-state index contributed by atoms with van der Waals surface area (Å²) in [6.07, 6.45) is 23.1. The van der Waals surface area contributed by atoms with Gasteiger partial charge in [0.05, 0.1) is 6.61 Å². The average molecular weight is 537 g/mol. The molecule has 0 aromatic heterocycles. The van der Waals surface area contributed by atoms with Gasteiger partial charge in [0.1, 0.15) is 0 Å². The second kappa shape index (κ2) is 15.6. The van der Waals surface area contributed by atoms with Crippen molar-refractivity contribution in [1.29, 1.82) is 0 Å². The number of ether oxygens (including phenoxy) is 1. The molecular formula is C36H50F2O. The highest BCUT2D eigenvalue weighted by Gasteiger charge is 2.26. The molecule has 0 unspecified atom stereocenters. The van der Waals surface area contributed by atoms with Crippen LogP contribution in [0, 0.1) is 23.5 Å². The highest BCUT2D eigenvalue weighted by atomic mass is 19.2. The normalized spacial score (nSPS) is 23.8. The summed E-state index contributed by atoms with van der Waals surface area (Å²) in [6, 6.07) is 12.8. The minimum atomic E-state index is -0.832. The van der Waals surface area contributed by atoms with Crippen LogP contribution in [0.15, 0.2) is 48.6 Å². The van der Waals surface area contributed by atoms with Crippen LogP contribution in [-0.4, -0.2) is 6.61 Å². The quantitative estimate of drug-likeness (QED) is 0.183. The zero-order valence-electron chi connectivity index (χ0n) is 24.4. The van der Waals surface area contributed by atoms with Crippen molar-refractivity contribution >= 4 is 0 Å². The van der Waals surface area contributed by atoms with E-state index in [0.29, 0.717) is 18.1 Å². The first-order valence-electron chi connectivity index (χ1n) is 15.9. The lowest BCUT2D eigenvalue weighted by molar-refractivity contribution is 0.297. The van der Waals surface area contributed by atoms with E-state index in [4.69, 9.17) is 4.74 Å². The van der Waals surface area contributed by atoms with Gasteiger partial charge in [-0.05, 0) is 130 Å². The minimum absolute atomic E-state index is 0.0230. The third-order valence-electron chi connectivity index (χ3n) is 9.35. The van der Waals surface area contributed by atoms with Gasteiger partial charge >= 0.3 is 0 Å². The van der Waals surface area contributed by atoms with Crippen LogP contribution in [0.4, 0.5) is 8.78 Å². The van der Waals surface area contributed by atoms with Crippen LogP contribution in [-0.2, 0) is 6.42 Å². The van der Waals surface area contributed by atoms with Crippen molar-refractivity contribution in [3.8, 4) is 5.75 Å². The first kappa shape index (κ1) is 29.8. The van der Waals surface area contributed by atoms with Crippen molar-refractivity contribution in [3.63, 3.8) is 0 Å². The summed E-state index contributed by atoms with van der Waals surface area (Å²) in [5, 5.41) is 0. The SMILES string of the molecule is CCCCCCc1ccc(C2CCC(C=CCCC3CCC(c4ccc(OCC)c(F)c4F)CC3)CC2)cc1. The van der Waals surface area contributed by atoms with Crippen molar-refractivity contribution in [2.45, 2.75) is 122 Å². The van der Waals surface area contributed by atoms with E-state index < -0.39 is 11.6 Å². The Labute approximate surface area is 236 Å². The molecular weight excluding hydrogens is 486 g/mol. The molecule has 0 atom stereocenters. The Kier molecular flexibility index (Phi) is 11.9. The van der Waals surface area contributed by atoms with E-state index in [-0.39, 0.29) is 11.7 Å². The Balaban J connectivity index is 1.13. The van der Waals surface area contributed by atoms with E-state index in [1.165, 1.54) is 75.3 Å². The molecule has 0 spiro atoms. The number of allylic oxidation sites excluding steroid dienone is 2. The summed E-state index contributed by atoms with van der Waals surface area (Å²) < 4.78 is 34.1. The fourth-order valence-electron chi connectivity index (χ4n) is 6.87. The molecule has 2 aliphatic carbocycles. The fraction of sp³-hybridized carbons (Fsp3) is 0.611. The smallest absolute Gasteiger partial charge is 0.200 e. The number of aryl methyl sites for hydroxylation is 1. The second-order valence-corrected chi connectivity index (χ2v) is 12.1. The number of hydrogen-bond acceptors (Lipinski definition) is 1. The van der Waals surface area contributed by atoms with Gasteiger partial charge in [0.25, 0.3) is 0 Å². The molecule has 39 heavy (non-hydrogen) atoms. The van der Waals surface area contributed by atoms with Gasteiger partial charge in [-0.1, -0.05) is 68.7 Å². The molecule has 0 radical (unpaired) electrons. The van der Waals surface area contributed by atoms with Gasteiger partial charge in [0, 0.05) is 0 Å². The third-order valence-corrected chi connectivity index (χ3v) is 9.35. The van der Waals surface area contributed by atoms with Gasteiger partial charge in [-0.25, -0.2) is 4.39 Å². The average Bonchev–Trinajstić information content (AvgIpc) is 2.97. The van der Waals surface area contributed by atoms with E-state index >= 15 is 0 Å². The molecule has 2 fully saturated rings. The number of benzene rings is 2. The molecule has 0 bridgehead atoms. The van der Waals surface area contributed by atoms with Gasteiger partial charge in [-0.3, -0.25) is 0 Å². The summed E-state index contributed by atoms with van der Waals surface area (Å²) >= 11 is 0. The highest BCUT2D eigenvalue weighted by molar-refractivity contribution is 5.33. The maximum absolute atomic E-state index is 14.6. The second-order valence-electron chi connectivity index (χ2n) is 12.1. The Bertz CT molecular complexity index is 1010. The topological polar surface area (TPSA) is 9.23 Å². The zero-order chi connectivity index (χ0) is 27.5. The first-order valence-corrected chi connectivity index (χ1v) is 15.9. The standard InChI is InChI=1S/C36H50F2O/c1-3-5-6-7-10-27-13-19-30(20-14-27)31-21-15-28(16-22-31)11-8-9-12-29-17-23-32(24-18-29)33-25-26-34(39-4-2)36(38)35(33)37/h8,11,13-14,19-20,25-26,28-29,31-32H,3-7,9-10,12,15-18,21-24H2,1-2H3. The van der Waals surface area contributed by atoms with E-state index in [2.05, 4.69) is 43.3 Å². The van der Waals surface area contributed by atoms with Gasteiger partial charge in [0.2, 0.25) is 5.82 Å². The zero-order valence-corrected chi connectivity index (χ0v) is 24.4. The Morgan fingerprint density at radius 3 is 2.18 bits per heavy atom. The molecule has 0 saturated heterocycles. The van der Waals surface area contributed by atoms with Crippen LogP contribution in [0.3, 0.4) is 0 Å². The Morgan fingerprint density at radius 2 is 1.49 bits per heavy atom. The van der Waals surface area contributed by atoms with Crippen LogP contribution in [0.25, 0.3) is 0 Å². The lowest BCUT2D eigenvalue weighted by Gasteiger charge is -2.29. The van der Waals surface area contributed by atoms with Crippen molar-refractivity contribution in [2.75, 3.05) is 6.61 Å². The molecule has 2 aromatic rings. The van der Waals surface area contributed by atoms with Crippen LogP contribution in [0.1, 0.15) is 132 Å². The third kappa shape index (κ3) is 8.66. The molecule has 0 heterocycles. The lowest BCUT2D eigenvalue weighted by Crippen LogP contribution is -2.15. The number of halogens is 2. The first-order chi connectivity index (χ1) is 19.1. The molecule has 3 heteroatoms. The number of rotatable bonds is 13. The molecule has 0 N–H and O–H groups in total. The predicted molar refractivity (Wildman–Crippen MR) is 160 cm³/mol. The summed E-state index contributed by atoms with van der Waals surface area (Å²) in [5.74, 6) is 0.763. The van der Waals surface area contributed by atoms with Crippen LogP contribution in [0.2, 0.25) is 0 Å². The summed E-state index contributed by atoms with van der Waals surface area (Å²) in [4.78, 5) is 0. The summed E-state index contributed by atoms with van der Waals surface area (Å²) in [6.45, 7) is 4.39. The van der Waals surface area contributed by atoms with Crippen LogP contribution in [0.5, 0.6) is 5.75 Å². The monoisotopic (exact) mass is 536 g/mol. The van der Waals surface area contributed by atoms with Crippen LogP contribution < -0.4 is 4.74 Å². The van der Waals surface area contributed by atoms with Gasteiger partial charge < -0.3 is 4.74 Å². The van der Waals surface area contributed by atoms with Gasteiger partial charge in [0.15, 0.2) is 11.6 Å². The lowest BCUT2D eigenvalue weighted by atomic mass is 9.76. The van der Waals surface area contributed by atoms with Crippen LogP contribution >= 0.6 is 0 Å². The summed E-state index contributed by atoms with van der Waals surface area (Å²) in [7, 11) is 0. The summed E-state index contributed by atoms with van der Waals surface area (Å²) in [5.41, 5.74) is 3.57. The van der Waals surface area contributed by atoms with Crippen molar-refractivity contribution in [1.82, 2.24) is 0 Å². The number of hydrogen-bond donors (Lipinski definition) is 0. The van der Waals surface area contributed by atoms with Crippen molar-refractivity contribution in [3.05, 3.63) is 76.9 Å². The van der Waals surface area contributed by atoms with E-state index in [1.807, 2.05) is 0 Å². The van der Waals surface area contributed by atoms with Crippen molar-refractivity contribution in [2.24, 2.45) is 11.8 Å². The van der Waals surface area contributed by atoms with E-state index in [1.54, 1.807) is 19.1 Å². The maximum Gasteiger partial charge on any atom is 0.200 e. The molecule has 2 aliphatic rings. The largest absolute Gasteiger partial charge is 0.491 e. The molecule has 1 nitrogen and oxygen atoms in total.